The molecule has 2 saturated heterocycles. The van der Waals surface area contributed by atoms with Crippen molar-refractivity contribution in [2.24, 2.45) is 5.41 Å². The first kappa shape index (κ1) is 24.8. The van der Waals surface area contributed by atoms with E-state index in [2.05, 4.69) is 30.6 Å². The fraction of sp³-hybridized carbons (Fsp3) is 0.357. The summed E-state index contributed by atoms with van der Waals surface area (Å²) in [5.41, 5.74) is 5.01. The maximum Gasteiger partial charge on any atom is 0.255 e. The molecule has 38 heavy (non-hydrogen) atoms. The highest BCUT2D eigenvalue weighted by molar-refractivity contribution is 6.31. The Morgan fingerprint density at radius 2 is 2.05 bits per heavy atom. The topological polar surface area (TPSA) is 97.2 Å². The van der Waals surface area contributed by atoms with Gasteiger partial charge >= 0.3 is 0 Å². The van der Waals surface area contributed by atoms with Gasteiger partial charge in [0.25, 0.3) is 5.91 Å². The van der Waals surface area contributed by atoms with Crippen LogP contribution < -0.4 is 10.6 Å². The summed E-state index contributed by atoms with van der Waals surface area (Å²) in [5, 5.41) is 11.4. The van der Waals surface area contributed by atoms with E-state index in [0.29, 0.717) is 33.2 Å². The maximum absolute atomic E-state index is 13.0. The van der Waals surface area contributed by atoms with E-state index in [4.69, 9.17) is 16.3 Å². The minimum Gasteiger partial charge on any atom is -0.380 e. The zero-order valence-electron chi connectivity index (χ0n) is 21.4. The highest BCUT2D eigenvalue weighted by Crippen LogP contribution is 2.38. The third-order valence-corrected chi connectivity index (χ3v) is 7.60. The van der Waals surface area contributed by atoms with Gasteiger partial charge in [0.15, 0.2) is 0 Å². The van der Waals surface area contributed by atoms with E-state index >= 15 is 0 Å². The Bertz CT molecular complexity index is 1490. The fourth-order valence-corrected chi connectivity index (χ4v) is 5.36. The zero-order valence-corrected chi connectivity index (χ0v) is 22.2. The van der Waals surface area contributed by atoms with Gasteiger partial charge in [0.05, 0.1) is 31.6 Å². The van der Waals surface area contributed by atoms with Crippen LogP contribution in [0.2, 0.25) is 5.02 Å². The normalized spacial score (nSPS) is 17.1. The summed E-state index contributed by atoms with van der Waals surface area (Å²) in [5.74, 6) is 0.443. The third kappa shape index (κ3) is 4.97. The molecular weight excluding hydrogens is 502 g/mol. The van der Waals surface area contributed by atoms with Crippen molar-refractivity contribution in [1.82, 2.24) is 24.6 Å². The molecule has 2 aliphatic heterocycles. The average molecular weight is 532 g/mol. The lowest BCUT2D eigenvalue weighted by Crippen LogP contribution is -2.65. The molecule has 2 aromatic heterocycles. The smallest absolute Gasteiger partial charge is 0.255 e. The standard InChI is InChI=1S/C28H30ClN7O2/c1-3-36-13-24-26(34-36)33-25(11-30-24)31-18(2)19-5-4-6-22(9-19)32-27(37)20-7-8-21(23(29)10-20)12-35-14-28(15-35)16-38-17-28/h4-11,13,18H,3,12,14-17H2,1-2H3,(H,32,37)(H,31,33,34)/t18-/m0/s1. The Balaban J connectivity index is 1.08. The number of hydrogen-bond acceptors (Lipinski definition) is 7. The average Bonchev–Trinajstić information content (AvgIpc) is 3.28. The number of aryl methyl sites for hydroxylation is 1. The Morgan fingerprint density at radius 1 is 1.21 bits per heavy atom. The minimum atomic E-state index is -0.200. The van der Waals surface area contributed by atoms with Crippen LogP contribution in [0, 0.1) is 5.41 Å². The molecule has 1 atom stereocenters. The molecule has 1 amide bonds. The van der Waals surface area contributed by atoms with Crippen LogP contribution in [-0.2, 0) is 17.8 Å². The molecule has 9 nitrogen and oxygen atoms in total. The van der Waals surface area contributed by atoms with Crippen LogP contribution in [0.3, 0.4) is 0 Å². The van der Waals surface area contributed by atoms with E-state index in [9.17, 15) is 4.79 Å². The number of amides is 1. The van der Waals surface area contributed by atoms with E-state index in [1.807, 2.05) is 61.1 Å². The summed E-state index contributed by atoms with van der Waals surface area (Å²) >= 11 is 6.55. The van der Waals surface area contributed by atoms with Crippen molar-refractivity contribution >= 4 is 40.2 Å². The number of fused-ring (bicyclic) bond motifs is 1. The number of carbonyl (C=O) groups excluding carboxylic acids is 1. The van der Waals surface area contributed by atoms with Crippen molar-refractivity contribution < 1.29 is 9.53 Å². The Labute approximate surface area is 226 Å². The fourth-order valence-electron chi connectivity index (χ4n) is 5.12. The van der Waals surface area contributed by atoms with Gasteiger partial charge in [0.2, 0.25) is 5.65 Å². The van der Waals surface area contributed by atoms with Gasteiger partial charge in [0.1, 0.15) is 11.3 Å². The van der Waals surface area contributed by atoms with Crippen LogP contribution in [0.15, 0.2) is 54.9 Å². The van der Waals surface area contributed by atoms with Gasteiger partial charge in [-0.25, -0.2) is 9.97 Å². The summed E-state index contributed by atoms with van der Waals surface area (Å²) in [6.45, 7) is 9.42. The molecule has 4 aromatic rings. The van der Waals surface area contributed by atoms with Crippen molar-refractivity contribution in [3.05, 3.63) is 76.6 Å². The Hall–Kier alpha value is -3.53. The molecule has 2 N–H and O–H groups in total. The van der Waals surface area contributed by atoms with Crippen molar-refractivity contribution in [2.75, 3.05) is 36.9 Å². The molecule has 0 bridgehead atoms. The van der Waals surface area contributed by atoms with Crippen LogP contribution in [0.25, 0.3) is 11.2 Å². The monoisotopic (exact) mass is 531 g/mol. The van der Waals surface area contributed by atoms with Gasteiger partial charge in [-0.05, 0) is 49.2 Å². The number of rotatable bonds is 8. The predicted molar refractivity (Wildman–Crippen MR) is 147 cm³/mol. The number of anilines is 2. The summed E-state index contributed by atoms with van der Waals surface area (Å²) < 4.78 is 7.17. The highest BCUT2D eigenvalue weighted by atomic mass is 35.5. The number of halogens is 1. The molecule has 0 unspecified atom stereocenters. The van der Waals surface area contributed by atoms with Crippen molar-refractivity contribution in [2.45, 2.75) is 33.0 Å². The molecule has 10 heteroatoms. The minimum absolute atomic E-state index is 0.0623. The third-order valence-electron chi connectivity index (χ3n) is 7.25. The number of carbonyl (C=O) groups is 1. The highest BCUT2D eigenvalue weighted by Gasteiger charge is 2.48. The first-order valence-electron chi connectivity index (χ1n) is 12.9. The van der Waals surface area contributed by atoms with Crippen molar-refractivity contribution in [3.63, 3.8) is 0 Å². The van der Waals surface area contributed by atoms with Crippen LogP contribution in [0.1, 0.15) is 41.4 Å². The number of aromatic nitrogens is 4. The second kappa shape index (κ2) is 9.98. The molecule has 1 spiro atoms. The van der Waals surface area contributed by atoms with Crippen LogP contribution in [0.5, 0.6) is 0 Å². The first-order valence-corrected chi connectivity index (χ1v) is 13.2. The molecule has 196 valence electrons. The lowest BCUT2D eigenvalue weighted by Gasteiger charge is -2.55. The Kier molecular flexibility index (Phi) is 6.51. The molecule has 4 heterocycles. The van der Waals surface area contributed by atoms with Gasteiger partial charge in [-0.2, -0.15) is 5.10 Å². The van der Waals surface area contributed by atoms with E-state index < -0.39 is 0 Å². The van der Waals surface area contributed by atoms with Gasteiger partial charge < -0.3 is 15.4 Å². The number of ether oxygens (including phenoxy) is 1. The molecule has 0 radical (unpaired) electrons. The molecule has 2 aromatic carbocycles. The summed E-state index contributed by atoms with van der Waals surface area (Å²) in [6.07, 6.45) is 3.59. The van der Waals surface area contributed by atoms with Crippen molar-refractivity contribution in [1.29, 1.82) is 0 Å². The largest absolute Gasteiger partial charge is 0.380 e. The van der Waals surface area contributed by atoms with Crippen LogP contribution in [-0.4, -0.2) is 56.9 Å². The number of likely N-dealkylation sites (tertiary alicyclic amines) is 1. The number of hydrogen-bond donors (Lipinski definition) is 2. The second-order valence-corrected chi connectivity index (χ2v) is 10.7. The number of nitrogens with one attached hydrogen (secondary N) is 2. The van der Waals surface area contributed by atoms with Gasteiger partial charge in [0, 0.05) is 47.9 Å². The molecule has 0 saturated carbocycles. The van der Waals surface area contributed by atoms with E-state index in [1.165, 1.54) is 0 Å². The van der Waals surface area contributed by atoms with Gasteiger partial charge in [-0.3, -0.25) is 14.4 Å². The maximum atomic E-state index is 13.0. The summed E-state index contributed by atoms with van der Waals surface area (Å²) in [4.78, 5) is 24.4. The summed E-state index contributed by atoms with van der Waals surface area (Å²) in [7, 11) is 0. The Morgan fingerprint density at radius 3 is 2.79 bits per heavy atom. The van der Waals surface area contributed by atoms with E-state index in [0.717, 1.165) is 56.0 Å². The lowest BCUT2D eigenvalue weighted by atomic mass is 9.78. The SMILES string of the molecule is CCn1cc2ncc(N[C@@H](C)c3cccc(NC(=O)c4ccc(CN5CC6(COC6)C5)c(Cl)c4)c3)nc2n1. The van der Waals surface area contributed by atoms with Gasteiger partial charge in [-0.15, -0.1) is 0 Å². The second-order valence-electron chi connectivity index (χ2n) is 10.3. The lowest BCUT2D eigenvalue weighted by molar-refractivity contribution is -0.191. The number of nitrogens with zero attached hydrogens (tertiary/aromatic N) is 5. The van der Waals surface area contributed by atoms with Crippen LogP contribution in [0.4, 0.5) is 11.5 Å². The molecule has 6 rings (SSSR count). The predicted octanol–water partition coefficient (Wildman–Crippen LogP) is 4.76. The summed E-state index contributed by atoms with van der Waals surface area (Å²) in [6, 6.07) is 13.2. The molecule has 2 fully saturated rings. The molecule has 2 aliphatic rings. The quantitative estimate of drug-likeness (QED) is 0.338. The van der Waals surface area contributed by atoms with Crippen molar-refractivity contribution in [3.8, 4) is 0 Å². The molecular formula is C28H30ClN7O2. The number of benzene rings is 2. The van der Waals surface area contributed by atoms with Crippen LogP contribution >= 0.6 is 11.6 Å². The zero-order chi connectivity index (χ0) is 26.3. The molecule has 0 aliphatic carbocycles. The van der Waals surface area contributed by atoms with E-state index in [1.54, 1.807) is 12.3 Å². The van der Waals surface area contributed by atoms with E-state index in [-0.39, 0.29) is 11.9 Å². The first-order chi connectivity index (χ1) is 18.4. The van der Waals surface area contributed by atoms with Gasteiger partial charge in [-0.1, -0.05) is 29.8 Å².